The maximum atomic E-state index is 13.2. The molecule has 6 rings (SSSR count). The predicted molar refractivity (Wildman–Crippen MR) is 146 cm³/mol. The van der Waals surface area contributed by atoms with Gasteiger partial charge in [0.25, 0.3) is 5.91 Å². The molecule has 38 heavy (non-hydrogen) atoms. The number of nitrogens with zero attached hydrogens (tertiary/aromatic N) is 3. The van der Waals surface area contributed by atoms with Crippen LogP contribution < -0.4 is 24.6 Å². The van der Waals surface area contributed by atoms with Crippen molar-refractivity contribution in [1.82, 2.24) is 10.2 Å². The summed E-state index contributed by atoms with van der Waals surface area (Å²) in [4.78, 5) is 32.2. The Hall–Kier alpha value is -3.91. The van der Waals surface area contributed by atoms with Crippen molar-refractivity contribution in [2.75, 3.05) is 43.1 Å². The highest BCUT2D eigenvalue weighted by Gasteiger charge is 2.49. The van der Waals surface area contributed by atoms with E-state index in [-0.39, 0.29) is 18.0 Å². The van der Waals surface area contributed by atoms with Crippen LogP contribution in [0, 0.1) is 0 Å². The van der Waals surface area contributed by atoms with Gasteiger partial charge >= 0.3 is 6.03 Å². The maximum absolute atomic E-state index is 13.2. The number of carbonyl (C=O) groups excluding carboxylic acids is 2. The summed E-state index contributed by atoms with van der Waals surface area (Å²) in [6.07, 6.45) is 0.575. The van der Waals surface area contributed by atoms with Crippen molar-refractivity contribution in [3.05, 3.63) is 82.9 Å². The third-order valence-corrected chi connectivity index (χ3v) is 7.85. The zero-order valence-corrected chi connectivity index (χ0v) is 22.1. The van der Waals surface area contributed by atoms with E-state index in [9.17, 15) is 9.59 Å². The Kier molecular flexibility index (Phi) is 6.07. The zero-order chi connectivity index (χ0) is 26.4. The molecule has 3 aliphatic heterocycles. The number of urea groups is 1. The monoisotopic (exact) mass is 532 g/mol. The summed E-state index contributed by atoms with van der Waals surface area (Å²) in [6, 6.07) is 20.2. The Morgan fingerprint density at radius 3 is 2.37 bits per heavy atom. The lowest BCUT2D eigenvalue weighted by atomic mass is 9.90. The Morgan fingerprint density at radius 1 is 1.00 bits per heavy atom. The van der Waals surface area contributed by atoms with Crippen molar-refractivity contribution in [3.63, 3.8) is 0 Å². The minimum Gasteiger partial charge on any atom is -0.497 e. The third kappa shape index (κ3) is 4.28. The van der Waals surface area contributed by atoms with E-state index < -0.39 is 5.72 Å². The summed E-state index contributed by atoms with van der Waals surface area (Å²) in [5.74, 6) is 1.52. The van der Waals surface area contributed by atoms with E-state index in [0.29, 0.717) is 41.5 Å². The zero-order valence-electron chi connectivity index (χ0n) is 21.3. The molecule has 3 heterocycles. The molecule has 2 unspecified atom stereocenters. The van der Waals surface area contributed by atoms with Crippen LogP contribution in [0.2, 0.25) is 5.02 Å². The van der Waals surface area contributed by atoms with Gasteiger partial charge in [0.15, 0.2) is 5.72 Å². The number of benzene rings is 3. The standard InChI is InChI=1S/C29H29ClN4O4/c1-29-18-25(24-17-20(30)5-12-26(24)38-29)31-28(36)34(29)22-6-3-19(4-7-22)27(35)33-15-13-32(14-16-33)21-8-10-23(37-2)11-9-21/h3-12,17,25H,13-16,18H2,1-2H3,(H,31,36). The smallest absolute Gasteiger partial charge is 0.325 e. The number of halogens is 1. The topological polar surface area (TPSA) is 74.4 Å². The van der Waals surface area contributed by atoms with Crippen LogP contribution in [-0.2, 0) is 0 Å². The third-order valence-electron chi connectivity index (χ3n) is 7.61. The van der Waals surface area contributed by atoms with Crippen molar-refractivity contribution in [2.24, 2.45) is 0 Å². The number of ether oxygens (including phenoxy) is 2. The largest absolute Gasteiger partial charge is 0.497 e. The number of fused-ring (bicyclic) bond motifs is 4. The number of amides is 3. The van der Waals surface area contributed by atoms with Gasteiger partial charge in [-0.2, -0.15) is 0 Å². The van der Waals surface area contributed by atoms with Crippen LogP contribution >= 0.6 is 11.6 Å². The van der Waals surface area contributed by atoms with Crippen LogP contribution in [0.3, 0.4) is 0 Å². The summed E-state index contributed by atoms with van der Waals surface area (Å²) >= 11 is 6.17. The van der Waals surface area contributed by atoms with Gasteiger partial charge in [-0.15, -0.1) is 0 Å². The lowest BCUT2D eigenvalue weighted by Crippen LogP contribution is -2.65. The molecule has 0 spiro atoms. The Labute approximate surface area is 226 Å². The van der Waals surface area contributed by atoms with Crippen LogP contribution in [0.15, 0.2) is 66.7 Å². The Balaban J connectivity index is 1.14. The fourth-order valence-electron chi connectivity index (χ4n) is 5.63. The SMILES string of the molecule is COc1ccc(N2CCN(C(=O)c3ccc(N4C(=O)NC5CC4(C)Oc4ccc(Cl)cc45)cc3)CC2)cc1. The fourth-order valence-corrected chi connectivity index (χ4v) is 5.81. The second-order valence-electron chi connectivity index (χ2n) is 10.0. The van der Waals surface area contributed by atoms with Gasteiger partial charge in [0, 0.05) is 60.1 Å². The van der Waals surface area contributed by atoms with Gasteiger partial charge in [-0.1, -0.05) is 11.6 Å². The number of carbonyl (C=O) groups is 2. The van der Waals surface area contributed by atoms with Crippen molar-refractivity contribution in [2.45, 2.75) is 25.1 Å². The van der Waals surface area contributed by atoms with E-state index in [1.54, 1.807) is 30.2 Å². The van der Waals surface area contributed by atoms with E-state index >= 15 is 0 Å². The molecule has 8 nitrogen and oxygen atoms in total. The Morgan fingerprint density at radius 2 is 1.68 bits per heavy atom. The molecule has 1 N–H and O–H groups in total. The molecule has 196 valence electrons. The molecule has 0 aromatic heterocycles. The summed E-state index contributed by atoms with van der Waals surface area (Å²) in [5, 5.41) is 3.69. The van der Waals surface area contributed by atoms with E-state index in [4.69, 9.17) is 21.1 Å². The number of nitrogens with one attached hydrogen (secondary N) is 1. The van der Waals surface area contributed by atoms with Gasteiger partial charge in [0.1, 0.15) is 11.5 Å². The van der Waals surface area contributed by atoms with Gasteiger partial charge < -0.3 is 24.6 Å². The molecule has 3 aliphatic rings. The predicted octanol–water partition coefficient (Wildman–Crippen LogP) is 5.08. The molecular weight excluding hydrogens is 504 g/mol. The first-order valence-electron chi connectivity index (χ1n) is 12.7. The van der Waals surface area contributed by atoms with Crippen LogP contribution in [-0.4, -0.2) is 55.9 Å². The Bertz CT molecular complexity index is 1370. The summed E-state index contributed by atoms with van der Waals surface area (Å²) in [6.45, 7) is 4.70. The van der Waals surface area contributed by atoms with Crippen LogP contribution in [0.4, 0.5) is 16.2 Å². The number of rotatable bonds is 4. The van der Waals surface area contributed by atoms with E-state index in [1.165, 1.54) is 0 Å². The maximum Gasteiger partial charge on any atom is 0.325 e. The van der Waals surface area contributed by atoms with Crippen LogP contribution in [0.5, 0.6) is 11.5 Å². The molecule has 0 aliphatic carbocycles. The normalized spacial score (nSPS) is 22.3. The molecule has 3 amide bonds. The van der Waals surface area contributed by atoms with Gasteiger partial charge in [-0.25, -0.2) is 4.79 Å². The van der Waals surface area contributed by atoms with Crippen molar-refractivity contribution in [3.8, 4) is 11.5 Å². The van der Waals surface area contributed by atoms with E-state index in [0.717, 1.165) is 30.1 Å². The molecule has 2 atom stereocenters. The van der Waals surface area contributed by atoms with Gasteiger partial charge in [-0.3, -0.25) is 9.69 Å². The summed E-state index contributed by atoms with van der Waals surface area (Å²) in [5.41, 5.74) is 2.40. The summed E-state index contributed by atoms with van der Waals surface area (Å²) in [7, 11) is 1.66. The first-order chi connectivity index (χ1) is 18.3. The molecule has 0 radical (unpaired) electrons. The van der Waals surface area contributed by atoms with Crippen molar-refractivity contribution >= 4 is 34.9 Å². The quantitative estimate of drug-likeness (QED) is 0.507. The number of anilines is 2. The van der Waals surface area contributed by atoms with Crippen LogP contribution in [0.1, 0.15) is 35.3 Å². The molecule has 3 aromatic rings. The number of methoxy groups -OCH3 is 1. The van der Waals surface area contributed by atoms with Gasteiger partial charge in [0.05, 0.1) is 13.2 Å². The van der Waals surface area contributed by atoms with Crippen LogP contribution in [0.25, 0.3) is 0 Å². The highest BCUT2D eigenvalue weighted by atomic mass is 35.5. The average molecular weight is 533 g/mol. The first kappa shape index (κ1) is 24.4. The summed E-state index contributed by atoms with van der Waals surface area (Å²) < 4.78 is 11.6. The van der Waals surface area contributed by atoms with E-state index in [1.807, 2.05) is 60.4 Å². The minimum atomic E-state index is -0.864. The molecule has 9 heteroatoms. The fraction of sp³-hybridized carbons (Fsp3) is 0.310. The molecule has 2 fully saturated rings. The minimum absolute atomic E-state index is 0.0139. The second-order valence-corrected chi connectivity index (χ2v) is 10.5. The second kappa shape index (κ2) is 9.44. The highest BCUT2D eigenvalue weighted by Crippen LogP contribution is 2.46. The first-order valence-corrected chi connectivity index (χ1v) is 13.1. The number of hydrogen-bond acceptors (Lipinski definition) is 5. The molecule has 2 bridgehead atoms. The number of piperazine rings is 1. The molecule has 2 saturated heterocycles. The lowest BCUT2D eigenvalue weighted by molar-refractivity contribution is 0.0379. The lowest BCUT2D eigenvalue weighted by Gasteiger charge is -2.50. The molecule has 3 aromatic carbocycles. The molecule has 0 saturated carbocycles. The van der Waals surface area contributed by atoms with Crippen molar-refractivity contribution in [1.29, 1.82) is 0 Å². The van der Waals surface area contributed by atoms with Crippen molar-refractivity contribution < 1.29 is 19.1 Å². The van der Waals surface area contributed by atoms with E-state index in [2.05, 4.69) is 10.2 Å². The highest BCUT2D eigenvalue weighted by molar-refractivity contribution is 6.30. The molecular formula is C29H29ClN4O4. The average Bonchev–Trinajstić information content (AvgIpc) is 2.93. The van der Waals surface area contributed by atoms with Gasteiger partial charge in [-0.05, 0) is 73.7 Å². The number of hydrogen-bond donors (Lipinski definition) is 1. The van der Waals surface area contributed by atoms with Gasteiger partial charge in [0.2, 0.25) is 0 Å².